The first-order chi connectivity index (χ1) is 14.7. The Morgan fingerprint density at radius 1 is 1.20 bits per heavy atom. The minimum atomic E-state index is -0.246. The van der Waals surface area contributed by atoms with E-state index < -0.39 is 0 Å². The highest BCUT2D eigenvalue weighted by Crippen LogP contribution is 2.32. The van der Waals surface area contributed by atoms with Crippen molar-refractivity contribution in [3.8, 4) is 0 Å². The van der Waals surface area contributed by atoms with Crippen LogP contribution in [-0.2, 0) is 11.2 Å². The molecule has 0 saturated carbocycles. The molecule has 1 amide bonds. The first-order valence-corrected chi connectivity index (χ1v) is 10.9. The Kier molecular flexibility index (Phi) is 6.36. The number of halogens is 1. The van der Waals surface area contributed by atoms with Crippen LogP contribution in [0.3, 0.4) is 0 Å². The fourth-order valence-corrected chi connectivity index (χ4v) is 4.56. The molecule has 2 unspecified atom stereocenters. The standard InChI is InChI=1S/C25H28FN3O/c1-2-23(20-8-3-11-21(26)17-20)29-16-6-10-19(25(29)30)7-4-12-22-14-13-18-9-5-15-27-24(18)28-22/h3,5,8-9,11,13-15,17,19,23H,2,4,6-7,10,12,16H2,1H3. The Morgan fingerprint density at radius 3 is 2.93 bits per heavy atom. The number of piperidine rings is 1. The maximum atomic E-state index is 13.7. The van der Waals surface area contributed by atoms with E-state index in [9.17, 15) is 9.18 Å². The first-order valence-electron chi connectivity index (χ1n) is 10.9. The number of nitrogens with zero attached hydrogens (tertiary/aromatic N) is 3. The van der Waals surface area contributed by atoms with Crippen molar-refractivity contribution in [1.29, 1.82) is 0 Å². The van der Waals surface area contributed by atoms with E-state index in [2.05, 4.69) is 29.0 Å². The number of carbonyl (C=O) groups excluding carboxylic acids is 1. The Bertz CT molecular complexity index is 1020. The molecule has 1 fully saturated rings. The van der Waals surface area contributed by atoms with E-state index in [-0.39, 0.29) is 23.7 Å². The van der Waals surface area contributed by atoms with Crippen molar-refractivity contribution in [3.05, 3.63) is 71.8 Å². The maximum absolute atomic E-state index is 13.7. The lowest BCUT2D eigenvalue weighted by Crippen LogP contribution is -2.43. The lowest BCUT2D eigenvalue weighted by atomic mass is 9.89. The normalized spacial score (nSPS) is 18.0. The average Bonchev–Trinajstić information content (AvgIpc) is 2.76. The summed E-state index contributed by atoms with van der Waals surface area (Å²) >= 11 is 0. The van der Waals surface area contributed by atoms with Crippen molar-refractivity contribution in [2.75, 3.05) is 6.54 Å². The van der Waals surface area contributed by atoms with Crippen LogP contribution in [0.25, 0.3) is 11.0 Å². The number of aromatic nitrogens is 2. The van der Waals surface area contributed by atoms with Crippen LogP contribution in [0, 0.1) is 11.7 Å². The molecule has 4 nitrogen and oxygen atoms in total. The van der Waals surface area contributed by atoms with Gasteiger partial charge in [-0.3, -0.25) is 4.79 Å². The van der Waals surface area contributed by atoms with E-state index in [0.717, 1.165) is 67.4 Å². The summed E-state index contributed by atoms with van der Waals surface area (Å²) in [5.41, 5.74) is 2.68. The molecule has 0 aliphatic carbocycles. The number of hydrogen-bond acceptors (Lipinski definition) is 3. The SMILES string of the molecule is CCC(c1cccc(F)c1)N1CCCC(CCCc2ccc3cccnc3n2)C1=O. The number of amides is 1. The molecule has 0 radical (unpaired) electrons. The van der Waals surface area contributed by atoms with Crippen LogP contribution in [0.1, 0.15) is 56.3 Å². The van der Waals surface area contributed by atoms with Crippen molar-refractivity contribution >= 4 is 16.9 Å². The summed E-state index contributed by atoms with van der Waals surface area (Å²) in [6.45, 7) is 2.81. The summed E-state index contributed by atoms with van der Waals surface area (Å²) in [6.07, 6.45) is 7.11. The van der Waals surface area contributed by atoms with Gasteiger partial charge in [0.05, 0.1) is 6.04 Å². The number of rotatable bonds is 7. The molecule has 0 bridgehead atoms. The fourth-order valence-electron chi connectivity index (χ4n) is 4.56. The molecule has 1 aliphatic heterocycles. The van der Waals surface area contributed by atoms with E-state index in [0.29, 0.717) is 0 Å². The van der Waals surface area contributed by atoms with Crippen molar-refractivity contribution < 1.29 is 9.18 Å². The second kappa shape index (κ2) is 9.33. The third kappa shape index (κ3) is 4.50. The largest absolute Gasteiger partial charge is 0.335 e. The lowest BCUT2D eigenvalue weighted by Gasteiger charge is -2.38. The van der Waals surface area contributed by atoms with Gasteiger partial charge in [-0.25, -0.2) is 14.4 Å². The third-order valence-electron chi connectivity index (χ3n) is 6.09. The summed E-state index contributed by atoms with van der Waals surface area (Å²) in [4.78, 5) is 24.1. The molecule has 2 atom stereocenters. The topological polar surface area (TPSA) is 46.1 Å². The molecule has 5 heteroatoms. The van der Waals surface area contributed by atoms with E-state index >= 15 is 0 Å². The number of hydrogen-bond donors (Lipinski definition) is 0. The molecule has 0 N–H and O–H groups in total. The second-order valence-corrected chi connectivity index (χ2v) is 8.09. The van der Waals surface area contributed by atoms with Crippen molar-refractivity contribution in [2.45, 2.75) is 51.5 Å². The quantitative estimate of drug-likeness (QED) is 0.523. The van der Waals surface area contributed by atoms with Gasteiger partial charge < -0.3 is 4.90 Å². The highest BCUT2D eigenvalue weighted by Gasteiger charge is 2.32. The van der Waals surface area contributed by atoms with Crippen LogP contribution in [0.2, 0.25) is 0 Å². The Morgan fingerprint density at radius 2 is 2.10 bits per heavy atom. The van der Waals surface area contributed by atoms with Crippen LogP contribution in [0.5, 0.6) is 0 Å². The molecule has 1 saturated heterocycles. The molecule has 0 spiro atoms. The number of aryl methyl sites for hydroxylation is 1. The van der Waals surface area contributed by atoms with E-state index in [4.69, 9.17) is 0 Å². The maximum Gasteiger partial charge on any atom is 0.226 e. The van der Waals surface area contributed by atoms with E-state index in [1.54, 1.807) is 18.3 Å². The van der Waals surface area contributed by atoms with Gasteiger partial charge in [0.25, 0.3) is 0 Å². The molecule has 156 valence electrons. The molecule has 2 aromatic heterocycles. The van der Waals surface area contributed by atoms with Crippen molar-refractivity contribution in [1.82, 2.24) is 14.9 Å². The number of pyridine rings is 2. The van der Waals surface area contributed by atoms with Crippen LogP contribution in [0.4, 0.5) is 4.39 Å². The Balaban J connectivity index is 1.39. The molecule has 3 heterocycles. The highest BCUT2D eigenvalue weighted by molar-refractivity contribution is 5.80. The van der Waals surface area contributed by atoms with Crippen LogP contribution < -0.4 is 0 Å². The Labute approximate surface area is 177 Å². The molecular formula is C25H28FN3O. The van der Waals surface area contributed by atoms with Crippen molar-refractivity contribution in [2.24, 2.45) is 5.92 Å². The van der Waals surface area contributed by atoms with Gasteiger partial charge in [0.15, 0.2) is 5.65 Å². The van der Waals surface area contributed by atoms with Gasteiger partial charge in [-0.2, -0.15) is 0 Å². The minimum Gasteiger partial charge on any atom is -0.335 e. The van der Waals surface area contributed by atoms with Crippen LogP contribution in [0.15, 0.2) is 54.7 Å². The van der Waals surface area contributed by atoms with Gasteiger partial charge >= 0.3 is 0 Å². The van der Waals surface area contributed by atoms with Gasteiger partial charge in [0, 0.05) is 29.7 Å². The molecule has 1 aromatic carbocycles. The summed E-state index contributed by atoms with van der Waals surface area (Å²) in [5, 5.41) is 1.04. The number of carbonyl (C=O) groups is 1. The number of fused-ring (bicyclic) bond motifs is 1. The number of likely N-dealkylation sites (tertiary alicyclic amines) is 1. The molecule has 30 heavy (non-hydrogen) atoms. The Hall–Kier alpha value is -2.82. The predicted octanol–water partition coefficient (Wildman–Crippen LogP) is 5.48. The lowest BCUT2D eigenvalue weighted by molar-refractivity contribution is -0.141. The first kappa shape index (κ1) is 20.5. The zero-order chi connectivity index (χ0) is 20.9. The minimum absolute atomic E-state index is 0.0416. The van der Waals surface area contributed by atoms with Gasteiger partial charge in [0.2, 0.25) is 5.91 Å². The van der Waals surface area contributed by atoms with E-state index in [1.165, 1.54) is 6.07 Å². The fraction of sp³-hybridized carbons (Fsp3) is 0.400. The summed E-state index contributed by atoms with van der Waals surface area (Å²) in [5.74, 6) is 0.00905. The number of benzene rings is 1. The van der Waals surface area contributed by atoms with Gasteiger partial charge in [-0.05, 0) is 80.5 Å². The zero-order valence-electron chi connectivity index (χ0n) is 17.4. The predicted molar refractivity (Wildman–Crippen MR) is 116 cm³/mol. The van der Waals surface area contributed by atoms with Crippen molar-refractivity contribution in [3.63, 3.8) is 0 Å². The third-order valence-corrected chi connectivity index (χ3v) is 6.09. The molecule has 1 aliphatic rings. The van der Waals surface area contributed by atoms with Crippen LogP contribution in [-0.4, -0.2) is 27.3 Å². The smallest absolute Gasteiger partial charge is 0.226 e. The van der Waals surface area contributed by atoms with Crippen LogP contribution >= 0.6 is 0 Å². The summed E-state index contributed by atoms with van der Waals surface area (Å²) < 4.78 is 13.7. The molecule has 4 rings (SSSR count). The summed E-state index contributed by atoms with van der Waals surface area (Å²) in [7, 11) is 0. The molecular weight excluding hydrogens is 377 g/mol. The second-order valence-electron chi connectivity index (χ2n) is 8.09. The van der Waals surface area contributed by atoms with Gasteiger partial charge in [-0.1, -0.05) is 19.1 Å². The zero-order valence-corrected chi connectivity index (χ0v) is 17.4. The average molecular weight is 406 g/mol. The van der Waals surface area contributed by atoms with Gasteiger partial charge in [-0.15, -0.1) is 0 Å². The van der Waals surface area contributed by atoms with Gasteiger partial charge in [0.1, 0.15) is 5.82 Å². The molecule has 3 aromatic rings. The monoisotopic (exact) mass is 405 g/mol. The highest BCUT2D eigenvalue weighted by atomic mass is 19.1. The summed E-state index contributed by atoms with van der Waals surface area (Å²) in [6, 6.07) is 14.6. The van der Waals surface area contributed by atoms with E-state index in [1.807, 2.05) is 23.1 Å².